The molecule has 0 radical (unpaired) electrons. The lowest BCUT2D eigenvalue weighted by molar-refractivity contribution is -0.120. The van der Waals surface area contributed by atoms with Gasteiger partial charge in [0.1, 0.15) is 5.75 Å². The molecule has 0 bridgehead atoms. The van der Waals surface area contributed by atoms with E-state index in [4.69, 9.17) is 4.74 Å². The van der Waals surface area contributed by atoms with Crippen molar-refractivity contribution in [2.24, 2.45) is 0 Å². The lowest BCUT2D eigenvalue weighted by Gasteiger charge is -2.15. The lowest BCUT2D eigenvalue weighted by atomic mass is 10.0. The second kappa shape index (κ2) is 6.93. The quantitative estimate of drug-likeness (QED) is 0.843. The summed E-state index contributed by atoms with van der Waals surface area (Å²) in [7, 11) is 1.66. The van der Waals surface area contributed by atoms with Crippen LogP contribution in [-0.4, -0.2) is 13.0 Å². The monoisotopic (exact) mass is 283 g/mol. The molecular formula is C18H21NO2. The van der Waals surface area contributed by atoms with E-state index in [2.05, 4.69) is 17.4 Å². The van der Waals surface area contributed by atoms with E-state index in [1.54, 1.807) is 7.11 Å². The number of carbonyl (C=O) groups excluding carboxylic acids is 1. The highest BCUT2D eigenvalue weighted by atomic mass is 16.5. The minimum Gasteiger partial charge on any atom is -0.497 e. The average molecular weight is 283 g/mol. The smallest absolute Gasteiger partial charge is 0.224 e. The SMILES string of the molecule is CC=CCC(=O)NC(C)c1ccc2cc(OC)ccc2c1. The standard InChI is InChI=1S/C18H21NO2/c1-4-5-6-18(20)19-13(2)14-7-8-16-12-17(21-3)10-9-15(16)11-14/h4-5,7-13H,6H2,1-3H3,(H,19,20). The van der Waals surface area contributed by atoms with E-state index in [-0.39, 0.29) is 11.9 Å². The lowest BCUT2D eigenvalue weighted by Crippen LogP contribution is -2.25. The van der Waals surface area contributed by atoms with Gasteiger partial charge in [0.05, 0.1) is 13.2 Å². The summed E-state index contributed by atoms with van der Waals surface area (Å²) in [5.74, 6) is 0.887. The summed E-state index contributed by atoms with van der Waals surface area (Å²) in [6, 6.07) is 12.2. The van der Waals surface area contributed by atoms with Crippen molar-refractivity contribution in [2.75, 3.05) is 7.11 Å². The van der Waals surface area contributed by atoms with Gasteiger partial charge >= 0.3 is 0 Å². The van der Waals surface area contributed by atoms with Gasteiger partial charge in [0.25, 0.3) is 0 Å². The number of nitrogens with one attached hydrogen (secondary N) is 1. The van der Waals surface area contributed by atoms with Crippen LogP contribution in [0.2, 0.25) is 0 Å². The fourth-order valence-corrected chi connectivity index (χ4v) is 2.25. The molecule has 1 atom stereocenters. The second-order valence-electron chi connectivity index (χ2n) is 5.03. The molecule has 2 aromatic carbocycles. The number of benzene rings is 2. The van der Waals surface area contributed by atoms with Crippen molar-refractivity contribution in [1.82, 2.24) is 5.32 Å². The van der Waals surface area contributed by atoms with E-state index in [0.29, 0.717) is 6.42 Å². The zero-order valence-corrected chi connectivity index (χ0v) is 12.7. The summed E-state index contributed by atoms with van der Waals surface area (Å²) >= 11 is 0. The van der Waals surface area contributed by atoms with Gasteiger partial charge in [-0.3, -0.25) is 4.79 Å². The highest BCUT2D eigenvalue weighted by molar-refractivity contribution is 5.85. The number of ether oxygens (including phenoxy) is 1. The van der Waals surface area contributed by atoms with Gasteiger partial charge in [-0.25, -0.2) is 0 Å². The summed E-state index contributed by atoms with van der Waals surface area (Å²) in [5.41, 5.74) is 1.10. The summed E-state index contributed by atoms with van der Waals surface area (Å²) in [6.07, 6.45) is 4.16. The number of hydrogen-bond donors (Lipinski definition) is 1. The van der Waals surface area contributed by atoms with Gasteiger partial charge in [-0.2, -0.15) is 0 Å². The Labute approximate surface area is 125 Å². The van der Waals surface area contributed by atoms with Crippen LogP contribution in [0.25, 0.3) is 10.8 Å². The normalized spacial score (nSPS) is 12.5. The minimum absolute atomic E-state index is 0.00532. The number of fused-ring (bicyclic) bond motifs is 1. The van der Waals surface area contributed by atoms with E-state index in [9.17, 15) is 4.79 Å². The second-order valence-corrected chi connectivity index (χ2v) is 5.03. The average Bonchev–Trinajstić information content (AvgIpc) is 2.51. The maximum atomic E-state index is 11.8. The van der Waals surface area contributed by atoms with E-state index < -0.39 is 0 Å². The van der Waals surface area contributed by atoms with Crippen LogP contribution in [0.1, 0.15) is 31.9 Å². The minimum atomic E-state index is -0.00532. The molecule has 0 aliphatic rings. The first-order valence-electron chi connectivity index (χ1n) is 7.12. The summed E-state index contributed by atoms with van der Waals surface area (Å²) in [4.78, 5) is 11.8. The van der Waals surface area contributed by atoms with Crippen LogP contribution in [-0.2, 0) is 4.79 Å². The predicted octanol–water partition coefficient (Wildman–Crippen LogP) is 3.99. The maximum Gasteiger partial charge on any atom is 0.224 e. The van der Waals surface area contributed by atoms with Gasteiger partial charge < -0.3 is 10.1 Å². The molecule has 3 nitrogen and oxygen atoms in total. The van der Waals surface area contributed by atoms with E-state index in [0.717, 1.165) is 22.1 Å². The third kappa shape index (κ3) is 3.85. The fourth-order valence-electron chi connectivity index (χ4n) is 2.25. The molecule has 3 heteroatoms. The number of rotatable bonds is 5. The van der Waals surface area contributed by atoms with Crippen molar-refractivity contribution in [3.8, 4) is 5.75 Å². The molecule has 0 heterocycles. The summed E-state index contributed by atoms with van der Waals surface area (Å²) < 4.78 is 5.23. The Morgan fingerprint density at radius 2 is 1.95 bits per heavy atom. The van der Waals surface area contributed by atoms with Crippen molar-refractivity contribution >= 4 is 16.7 Å². The molecule has 110 valence electrons. The van der Waals surface area contributed by atoms with Crippen LogP contribution in [0.3, 0.4) is 0 Å². The van der Waals surface area contributed by atoms with Gasteiger partial charge in [-0.15, -0.1) is 0 Å². The predicted molar refractivity (Wildman–Crippen MR) is 86.5 cm³/mol. The number of methoxy groups -OCH3 is 1. The van der Waals surface area contributed by atoms with Crippen molar-refractivity contribution in [3.05, 3.63) is 54.1 Å². The molecule has 1 amide bonds. The van der Waals surface area contributed by atoms with Crippen LogP contribution in [0.4, 0.5) is 0 Å². The van der Waals surface area contributed by atoms with Crippen molar-refractivity contribution in [3.63, 3.8) is 0 Å². The molecule has 2 aromatic rings. The molecular weight excluding hydrogens is 262 g/mol. The number of hydrogen-bond acceptors (Lipinski definition) is 2. The summed E-state index contributed by atoms with van der Waals surface area (Å²) in [6.45, 7) is 3.91. The third-order valence-electron chi connectivity index (χ3n) is 3.49. The Morgan fingerprint density at radius 1 is 1.24 bits per heavy atom. The molecule has 1 unspecified atom stereocenters. The number of carbonyl (C=O) groups is 1. The maximum absolute atomic E-state index is 11.8. The van der Waals surface area contributed by atoms with Gasteiger partial charge in [0.15, 0.2) is 0 Å². The van der Waals surface area contributed by atoms with Crippen LogP contribution >= 0.6 is 0 Å². The molecule has 0 aliphatic carbocycles. The van der Waals surface area contributed by atoms with Gasteiger partial charge in [-0.05, 0) is 48.4 Å². The number of allylic oxidation sites excluding steroid dienone is 1. The Hall–Kier alpha value is -2.29. The molecule has 21 heavy (non-hydrogen) atoms. The van der Waals surface area contributed by atoms with Gasteiger partial charge in [-0.1, -0.05) is 30.4 Å². The van der Waals surface area contributed by atoms with E-state index >= 15 is 0 Å². The molecule has 0 saturated heterocycles. The molecule has 0 spiro atoms. The van der Waals surface area contributed by atoms with Gasteiger partial charge in [0.2, 0.25) is 5.91 Å². The Balaban J connectivity index is 2.16. The summed E-state index contributed by atoms with van der Waals surface area (Å²) in [5, 5.41) is 5.28. The van der Waals surface area contributed by atoms with Crippen molar-refractivity contribution in [1.29, 1.82) is 0 Å². The van der Waals surface area contributed by atoms with Crippen LogP contribution in [0.5, 0.6) is 5.75 Å². The molecule has 1 N–H and O–H groups in total. The number of amides is 1. The van der Waals surface area contributed by atoms with E-state index in [1.807, 2.05) is 50.3 Å². The highest BCUT2D eigenvalue weighted by Gasteiger charge is 2.09. The topological polar surface area (TPSA) is 38.3 Å². The Morgan fingerprint density at radius 3 is 2.67 bits per heavy atom. The van der Waals surface area contributed by atoms with Crippen molar-refractivity contribution in [2.45, 2.75) is 26.3 Å². The highest BCUT2D eigenvalue weighted by Crippen LogP contribution is 2.24. The van der Waals surface area contributed by atoms with E-state index in [1.165, 1.54) is 0 Å². The van der Waals surface area contributed by atoms with Crippen molar-refractivity contribution < 1.29 is 9.53 Å². The fraction of sp³-hybridized carbons (Fsp3) is 0.278. The van der Waals surface area contributed by atoms with Crippen LogP contribution in [0.15, 0.2) is 48.6 Å². The van der Waals surface area contributed by atoms with Gasteiger partial charge in [0, 0.05) is 6.42 Å². The zero-order chi connectivity index (χ0) is 15.2. The van der Waals surface area contributed by atoms with Crippen LogP contribution in [0, 0.1) is 0 Å². The molecule has 2 rings (SSSR count). The van der Waals surface area contributed by atoms with Crippen LogP contribution < -0.4 is 10.1 Å². The molecule has 0 aromatic heterocycles. The third-order valence-corrected chi connectivity index (χ3v) is 3.49. The largest absolute Gasteiger partial charge is 0.497 e. The molecule has 0 fully saturated rings. The first kappa shape index (κ1) is 15.1. The Kier molecular flexibility index (Phi) is 4.99. The zero-order valence-electron chi connectivity index (χ0n) is 12.7. The first-order valence-corrected chi connectivity index (χ1v) is 7.12. The first-order chi connectivity index (χ1) is 10.1. The molecule has 0 aliphatic heterocycles. The Bertz CT molecular complexity index is 661. The molecule has 0 saturated carbocycles.